The Labute approximate surface area is 137 Å². The highest BCUT2D eigenvalue weighted by atomic mass is 16.5. The number of aliphatic hydroxyl groups excluding tert-OH is 1. The minimum atomic E-state index is 0.146. The number of hydrogen-bond donors (Lipinski definition) is 1. The highest BCUT2D eigenvalue weighted by Crippen LogP contribution is 2.19. The number of carbonyl (C=O) groups is 1. The summed E-state index contributed by atoms with van der Waals surface area (Å²) in [4.78, 5) is 16.7. The predicted octanol–water partition coefficient (Wildman–Crippen LogP) is 0.902. The molecule has 0 aromatic heterocycles. The van der Waals surface area contributed by atoms with E-state index in [2.05, 4.69) is 23.1 Å². The van der Waals surface area contributed by atoms with Gasteiger partial charge in [0.05, 0.1) is 13.2 Å². The van der Waals surface area contributed by atoms with E-state index >= 15 is 0 Å². The molecule has 2 aliphatic heterocycles. The zero-order valence-corrected chi connectivity index (χ0v) is 13.6. The molecule has 1 amide bonds. The molecule has 1 saturated heterocycles. The largest absolute Gasteiger partial charge is 0.396 e. The van der Waals surface area contributed by atoms with E-state index in [0.717, 1.165) is 39.1 Å². The fourth-order valence-corrected chi connectivity index (χ4v) is 3.39. The van der Waals surface area contributed by atoms with Gasteiger partial charge in [-0.2, -0.15) is 0 Å². The molecule has 2 aliphatic rings. The van der Waals surface area contributed by atoms with Crippen molar-refractivity contribution in [3.8, 4) is 0 Å². The number of aliphatic hydroxyl groups is 1. The molecule has 2 heterocycles. The van der Waals surface area contributed by atoms with Gasteiger partial charge in [0.15, 0.2) is 0 Å². The van der Waals surface area contributed by atoms with Gasteiger partial charge in [0.1, 0.15) is 0 Å². The van der Waals surface area contributed by atoms with Crippen LogP contribution in [0.3, 0.4) is 0 Å². The third kappa shape index (κ3) is 4.31. The van der Waals surface area contributed by atoms with E-state index in [9.17, 15) is 9.90 Å². The Bertz CT molecular complexity index is 535. The molecule has 1 aromatic carbocycles. The first-order valence-electron chi connectivity index (χ1n) is 8.52. The lowest BCUT2D eigenvalue weighted by Crippen LogP contribution is -2.39. The summed E-state index contributed by atoms with van der Waals surface area (Å²) < 4.78 is 5.49. The molecule has 0 spiro atoms. The normalized spacial score (nSPS) is 22.5. The second-order valence-corrected chi connectivity index (χ2v) is 6.51. The van der Waals surface area contributed by atoms with Crippen molar-refractivity contribution in [2.75, 3.05) is 46.0 Å². The second kappa shape index (κ2) is 7.90. The van der Waals surface area contributed by atoms with Crippen LogP contribution in [0.15, 0.2) is 24.3 Å². The van der Waals surface area contributed by atoms with Crippen LogP contribution in [-0.2, 0) is 22.5 Å². The van der Waals surface area contributed by atoms with Gasteiger partial charge in [-0.05, 0) is 17.5 Å². The van der Waals surface area contributed by atoms with Crippen molar-refractivity contribution in [2.24, 2.45) is 5.92 Å². The third-order valence-electron chi connectivity index (χ3n) is 4.81. The van der Waals surface area contributed by atoms with Gasteiger partial charge in [0.2, 0.25) is 5.91 Å². The number of benzene rings is 1. The summed E-state index contributed by atoms with van der Waals surface area (Å²) >= 11 is 0. The maximum atomic E-state index is 12.5. The Morgan fingerprint density at radius 3 is 2.91 bits per heavy atom. The van der Waals surface area contributed by atoms with Crippen LogP contribution in [0.5, 0.6) is 0 Å². The van der Waals surface area contributed by atoms with Gasteiger partial charge >= 0.3 is 0 Å². The maximum Gasteiger partial charge on any atom is 0.224 e. The number of ether oxygens (including phenoxy) is 1. The first kappa shape index (κ1) is 16.4. The zero-order chi connectivity index (χ0) is 16.1. The topological polar surface area (TPSA) is 53.0 Å². The average Bonchev–Trinajstić information content (AvgIpc) is 2.84. The Hall–Kier alpha value is -1.43. The molecule has 126 valence electrons. The number of rotatable bonds is 4. The Morgan fingerprint density at radius 2 is 2.09 bits per heavy atom. The quantitative estimate of drug-likeness (QED) is 0.896. The van der Waals surface area contributed by atoms with Crippen LogP contribution in [-0.4, -0.2) is 66.8 Å². The molecule has 0 bridgehead atoms. The molecule has 23 heavy (non-hydrogen) atoms. The molecule has 5 heteroatoms. The fraction of sp³-hybridized carbons (Fsp3) is 0.611. The van der Waals surface area contributed by atoms with E-state index in [1.807, 2.05) is 11.0 Å². The molecule has 1 N–H and O–H groups in total. The van der Waals surface area contributed by atoms with Crippen LogP contribution in [0.2, 0.25) is 0 Å². The Kier molecular flexibility index (Phi) is 5.65. The lowest BCUT2D eigenvalue weighted by Gasteiger charge is -2.30. The van der Waals surface area contributed by atoms with Crippen molar-refractivity contribution in [1.82, 2.24) is 9.80 Å². The van der Waals surface area contributed by atoms with Crippen molar-refractivity contribution in [1.29, 1.82) is 0 Å². The lowest BCUT2D eigenvalue weighted by molar-refractivity contribution is -0.132. The van der Waals surface area contributed by atoms with Gasteiger partial charge in [-0.3, -0.25) is 4.79 Å². The molecule has 0 aliphatic carbocycles. The lowest BCUT2D eigenvalue weighted by atomic mass is 10.00. The van der Waals surface area contributed by atoms with E-state index in [1.165, 1.54) is 11.1 Å². The van der Waals surface area contributed by atoms with E-state index in [1.54, 1.807) is 0 Å². The minimum Gasteiger partial charge on any atom is -0.396 e. The van der Waals surface area contributed by atoms with Crippen LogP contribution in [0.25, 0.3) is 0 Å². The van der Waals surface area contributed by atoms with Crippen molar-refractivity contribution in [3.05, 3.63) is 35.4 Å². The summed E-state index contributed by atoms with van der Waals surface area (Å²) in [7, 11) is 0. The number of fused-ring (bicyclic) bond motifs is 1. The van der Waals surface area contributed by atoms with E-state index < -0.39 is 0 Å². The first-order valence-corrected chi connectivity index (χ1v) is 8.52. The van der Waals surface area contributed by atoms with Crippen molar-refractivity contribution < 1.29 is 14.6 Å². The van der Waals surface area contributed by atoms with Gasteiger partial charge in [-0.15, -0.1) is 0 Å². The summed E-state index contributed by atoms with van der Waals surface area (Å²) in [6.07, 6.45) is 1.49. The summed E-state index contributed by atoms with van der Waals surface area (Å²) in [6.45, 7) is 5.39. The molecular formula is C18H26N2O3. The first-order chi connectivity index (χ1) is 11.3. The van der Waals surface area contributed by atoms with Gasteiger partial charge in [0, 0.05) is 51.7 Å². The average molecular weight is 318 g/mol. The van der Waals surface area contributed by atoms with Crippen LogP contribution < -0.4 is 0 Å². The summed E-state index contributed by atoms with van der Waals surface area (Å²) in [5, 5.41) is 9.33. The van der Waals surface area contributed by atoms with E-state index in [-0.39, 0.29) is 18.4 Å². The minimum absolute atomic E-state index is 0.146. The zero-order valence-electron chi connectivity index (χ0n) is 13.6. The SMILES string of the molecule is O=C(CCN1CCOC[C@H](CO)C1)N1CCc2ccccc2C1. The standard InChI is InChI=1S/C18H26N2O3/c21-13-15-11-19(9-10-23-14-15)7-6-18(22)20-8-5-16-3-1-2-4-17(16)12-20/h1-4,15,21H,5-14H2/t15-/m0/s1. The van der Waals surface area contributed by atoms with E-state index in [4.69, 9.17) is 4.74 Å². The molecule has 3 rings (SSSR count). The van der Waals surface area contributed by atoms with Crippen LogP contribution in [0.4, 0.5) is 0 Å². The van der Waals surface area contributed by atoms with Gasteiger partial charge in [0.25, 0.3) is 0 Å². The van der Waals surface area contributed by atoms with Crippen molar-refractivity contribution in [2.45, 2.75) is 19.4 Å². The molecule has 1 aromatic rings. The summed E-state index contributed by atoms with van der Waals surface area (Å²) in [5.74, 6) is 0.389. The number of hydrogen-bond acceptors (Lipinski definition) is 4. The Balaban J connectivity index is 1.50. The van der Waals surface area contributed by atoms with Gasteiger partial charge in [-0.25, -0.2) is 0 Å². The molecule has 0 saturated carbocycles. The van der Waals surface area contributed by atoms with Crippen LogP contribution >= 0.6 is 0 Å². The maximum absolute atomic E-state index is 12.5. The second-order valence-electron chi connectivity index (χ2n) is 6.51. The highest BCUT2D eigenvalue weighted by molar-refractivity contribution is 5.76. The Morgan fingerprint density at radius 1 is 1.26 bits per heavy atom. The van der Waals surface area contributed by atoms with Crippen LogP contribution in [0.1, 0.15) is 17.5 Å². The molecular weight excluding hydrogens is 292 g/mol. The molecule has 1 fully saturated rings. The predicted molar refractivity (Wildman–Crippen MR) is 88.0 cm³/mol. The number of amides is 1. The van der Waals surface area contributed by atoms with Crippen LogP contribution in [0, 0.1) is 5.92 Å². The molecule has 0 radical (unpaired) electrons. The smallest absolute Gasteiger partial charge is 0.224 e. The molecule has 1 atom stereocenters. The third-order valence-corrected chi connectivity index (χ3v) is 4.81. The monoisotopic (exact) mass is 318 g/mol. The number of nitrogens with zero attached hydrogens (tertiary/aromatic N) is 2. The highest BCUT2D eigenvalue weighted by Gasteiger charge is 2.22. The fourth-order valence-electron chi connectivity index (χ4n) is 3.39. The van der Waals surface area contributed by atoms with Crippen molar-refractivity contribution in [3.63, 3.8) is 0 Å². The van der Waals surface area contributed by atoms with Crippen molar-refractivity contribution >= 4 is 5.91 Å². The molecule has 0 unspecified atom stereocenters. The number of carbonyl (C=O) groups excluding carboxylic acids is 1. The summed E-state index contributed by atoms with van der Waals surface area (Å²) in [5.41, 5.74) is 2.64. The van der Waals surface area contributed by atoms with E-state index in [0.29, 0.717) is 19.6 Å². The van der Waals surface area contributed by atoms with Gasteiger partial charge in [-0.1, -0.05) is 24.3 Å². The molecule has 5 nitrogen and oxygen atoms in total. The summed E-state index contributed by atoms with van der Waals surface area (Å²) in [6, 6.07) is 8.38. The van der Waals surface area contributed by atoms with Gasteiger partial charge < -0.3 is 19.6 Å².